The van der Waals surface area contributed by atoms with E-state index in [2.05, 4.69) is 45.0 Å². The van der Waals surface area contributed by atoms with Gasteiger partial charge in [0.05, 0.1) is 0 Å². The van der Waals surface area contributed by atoms with Crippen molar-refractivity contribution in [2.75, 3.05) is 0 Å². The minimum atomic E-state index is 0.390. The standard InChI is InChI=1S/C18H21ClO/c1-12(2)16-10-17(19)14(4)9-18(16)20-11-15-7-5-13(3)6-8-15/h5-10,12H,11H2,1-4H3. The number of hydrogen-bond donors (Lipinski definition) is 0. The summed E-state index contributed by atoms with van der Waals surface area (Å²) in [4.78, 5) is 0. The molecule has 0 aliphatic carbocycles. The summed E-state index contributed by atoms with van der Waals surface area (Å²) in [5.41, 5.74) is 4.65. The van der Waals surface area contributed by atoms with Crippen LogP contribution in [0.5, 0.6) is 5.75 Å². The third kappa shape index (κ3) is 3.55. The fraction of sp³-hybridized carbons (Fsp3) is 0.333. The van der Waals surface area contributed by atoms with E-state index >= 15 is 0 Å². The van der Waals surface area contributed by atoms with Gasteiger partial charge in [-0.1, -0.05) is 55.3 Å². The Kier molecular flexibility index (Phi) is 4.72. The molecule has 2 heteroatoms. The lowest BCUT2D eigenvalue weighted by atomic mass is 10.0. The van der Waals surface area contributed by atoms with Gasteiger partial charge >= 0.3 is 0 Å². The predicted molar refractivity (Wildman–Crippen MR) is 85.8 cm³/mol. The van der Waals surface area contributed by atoms with E-state index in [1.54, 1.807) is 0 Å². The molecule has 0 aromatic heterocycles. The van der Waals surface area contributed by atoms with Crippen molar-refractivity contribution in [1.82, 2.24) is 0 Å². The first-order valence-corrected chi connectivity index (χ1v) is 7.33. The van der Waals surface area contributed by atoms with Crippen molar-refractivity contribution in [3.63, 3.8) is 0 Å². The van der Waals surface area contributed by atoms with E-state index in [-0.39, 0.29) is 0 Å². The van der Waals surface area contributed by atoms with Gasteiger partial charge in [-0.2, -0.15) is 0 Å². The molecule has 20 heavy (non-hydrogen) atoms. The highest BCUT2D eigenvalue weighted by atomic mass is 35.5. The third-order valence-electron chi connectivity index (χ3n) is 3.43. The Hall–Kier alpha value is -1.47. The Labute approximate surface area is 126 Å². The Morgan fingerprint density at radius 1 is 1.05 bits per heavy atom. The molecule has 2 aromatic carbocycles. The van der Waals surface area contributed by atoms with E-state index in [0.29, 0.717) is 12.5 Å². The van der Waals surface area contributed by atoms with Crippen molar-refractivity contribution in [3.05, 3.63) is 63.7 Å². The molecule has 0 spiro atoms. The summed E-state index contributed by atoms with van der Waals surface area (Å²) in [6, 6.07) is 12.5. The molecule has 1 nitrogen and oxygen atoms in total. The van der Waals surface area contributed by atoms with Crippen LogP contribution in [0.2, 0.25) is 5.02 Å². The summed E-state index contributed by atoms with van der Waals surface area (Å²) in [5, 5.41) is 0.802. The van der Waals surface area contributed by atoms with E-state index in [4.69, 9.17) is 16.3 Å². The molecule has 0 radical (unpaired) electrons. The van der Waals surface area contributed by atoms with E-state index in [0.717, 1.165) is 21.9 Å². The molecule has 0 saturated carbocycles. The maximum Gasteiger partial charge on any atom is 0.123 e. The monoisotopic (exact) mass is 288 g/mol. The molecule has 0 N–H and O–H groups in total. The van der Waals surface area contributed by atoms with E-state index in [9.17, 15) is 0 Å². The Bertz CT molecular complexity index is 585. The SMILES string of the molecule is Cc1ccc(COc2cc(C)c(Cl)cc2C(C)C)cc1. The highest BCUT2D eigenvalue weighted by Gasteiger charge is 2.11. The van der Waals surface area contributed by atoms with Gasteiger partial charge in [0.2, 0.25) is 0 Å². The van der Waals surface area contributed by atoms with Crippen molar-refractivity contribution < 1.29 is 4.74 Å². The lowest BCUT2D eigenvalue weighted by Gasteiger charge is -2.16. The molecule has 0 unspecified atom stereocenters. The van der Waals surface area contributed by atoms with E-state index < -0.39 is 0 Å². The number of halogens is 1. The first kappa shape index (κ1) is 14.9. The Morgan fingerprint density at radius 3 is 2.30 bits per heavy atom. The fourth-order valence-electron chi connectivity index (χ4n) is 2.09. The van der Waals surface area contributed by atoms with Gasteiger partial charge in [0, 0.05) is 5.02 Å². The van der Waals surface area contributed by atoms with Crippen LogP contribution in [0.15, 0.2) is 36.4 Å². The number of aryl methyl sites for hydroxylation is 2. The van der Waals surface area contributed by atoms with Gasteiger partial charge in [-0.15, -0.1) is 0 Å². The molecule has 0 heterocycles. The van der Waals surface area contributed by atoms with Crippen LogP contribution in [0.3, 0.4) is 0 Å². The number of ether oxygens (including phenoxy) is 1. The van der Waals surface area contributed by atoms with Crippen LogP contribution in [0.25, 0.3) is 0 Å². The van der Waals surface area contributed by atoms with Crippen molar-refractivity contribution in [1.29, 1.82) is 0 Å². The second-order valence-electron chi connectivity index (χ2n) is 5.57. The maximum absolute atomic E-state index is 6.21. The Balaban J connectivity index is 2.20. The van der Waals surface area contributed by atoms with Crippen LogP contribution in [0.1, 0.15) is 42.0 Å². The third-order valence-corrected chi connectivity index (χ3v) is 3.84. The molecule has 106 valence electrons. The lowest BCUT2D eigenvalue weighted by Crippen LogP contribution is -2.01. The quantitative estimate of drug-likeness (QED) is 0.705. The van der Waals surface area contributed by atoms with Gasteiger partial charge in [-0.3, -0.25) is 0 Å². The average molecular weight is 289 g/mol. The number of benzene rings is 2. The molecular weight excluding hydrogens is 268 g/mol. The van der Waals surface area contributed by atoms with Crippen molar-refractivity contribution >= 4 is 11.6 Å². The first-order chi connectivity index (χ1) is 9.47. The van der Waals surface area contributed by atoms with Crippen molar-refractivity contribution in [3.8, 4) is 5.75 Å². The summed E-state index contributed by atoms with van der Waals surface area (Å²) in [6.07, 6.45) is 0. The molecule has 0 aliphatic heterocycles. The van der Waals surface area contributed by atoms with Crippen molar-refractivity contribution in [2.24, 2.45) is 0 Å². The molecule has 0 atom stereocenters. The van der Waals surface area contributed by atoms with Crippen molar-refractivity contribution in [2.45, 2.75) is 40.2 Å². The van der Waals surface area contributed by atoms with Crippen LogP contribution < -0.4 is 4.74 Å². The summed E-state index contributed by atoms with van der Waals surface area (Å²) in [7, 11) is 0. The second-order valence-corrected chi connectivity index (χ2v) is 5.98. The molecular formula is C18H21ClO. The second kappa shape index (κ2) is 6.32. The smallest absolute Gasteiger partial charge is 0.123 e. The first-order valence-electron chi connectivity index (χ1n) is 6.95. The molecule has 0 fully saturated rings. The minimum absolute atomic E-state index is 0.390. The largest absolute Gasteiger partial charge is 0.489 e. The van der Waals surface area contributed by atoms with Crippen LogP contribution >= 0.6 is 11.6 Å². The molecule has 2 rings (SSSR count). The number of hydrogen-bond acceptors (Lipinski definition) is 1. The normalized spacial score (nSPS) is 10.9. The topological polar surface area (TPSA) is 9.23 Å². The molecule has 0 aliphatic rings. The van der Waals surface area contributed by atoms with Gasteiger partial charge < -0.3 is 4.74 Å². The van der Waals surface area contributed by atoms with Gasteiger partial charge in [0.15, 0.2) is 0 Å². The van der Waals surface area contributed by atoms with Gasteiger partial charge in [0.1, 0.15) is 12.4 Å². The predicted octanol–water partition coefficient (Wildman–Crippen LogP) is 5.66. The van der Waals surface area contributed by atoms with Crippen LogP contribution in [0.4, 0.5) is 0 Å². The van der Waals surface area contributed by atoms with Gasteiger partial charge in [-0.25, -0.2) is 0 Å². The highest BCUT2D eigenvalue weighted by Crippen LogP contribution is 2.32. The maximum atomic E-state index is 6.21. The summed E-state index contributed by atoms with van der Waals surface area (Å²) in [5.74, 6) is 1.32. The van der Waals surface area contributed by atoms with Gasteiger partial charge in [0.25, 0.3) is 0 Å². The average Bonchev–Trinajstić information content (AvgIpc) is 2.41. The summed E-state index contributed by atoms with van der Waals surface area (Å²) >= 11 is 6.21. The van der Waals surface area contributed by atoms with Crippen LogP contribution in [-0.4, -0.2) is 0 Å². The van der Waals surface area contributed by atoms with Gasteiger partial charge in [-0.05, 0) is 48.6 Å². The van der Waals surface area contributed by atoms with Crippen LogP contribution in [0, 0.1) is 13.8 Å². The van der Waals surface area contributed by atoms with Crippen LogP contribution in [-0.2, 0) is 6.61 Å². The molecule has 0 bridgehead atoms. The summed E-state index contributed by atoms with van der Waals surface area (Å²) in [6.45, 7) is 8.98. The molecule has 0 amide bonds. The van der Waals surface area contributed by atoms with E-state index in [1.807, 2.05) is 19.1 Å². The summed E-state index contributed by atoms with van der Waals surface area (Å²) < 4.78 is 6.00. The Morgan fingerprint density at radius 2 is 1.70 bits per heavy atom. The minimum Gasteiger partial charge on any atom is -0.489 e. The zero-order chi connectivity index (χ0) is 14.7. The fourth-order valence-corrected chi connectivity index (χ4v) is 2.26. The lowest BCUT2D eigenvalue weighted by molar-refractivity contribution is 0.301. The van der Waals surface area contributed by atoms with E-state index in [1.165, 1.54) is 11.1 Å². The number of rotatable bonds is 4. The zero-order valence-electron chi connectivity index (χ0n) is 12.5. The molecule has 2 aromatic rings. The zero-order valence-corrected chi connectivity index (χ0v) is 13.3. The molecule has 0 saturated heterocycles. The highest BCUT2D eigenvalue weighted by molar-refractivity contribution is 6.31.